The van der Waals surface area contributed by atoms with Gasteiger partial charge in [-0.1, -0.05) is 28.1 Å². The van der Waals surface area contributed by atoms with Crippen molar-refractivity contribution in [3.05, 3.63) is 24.3 Å². The van der Waals surface area contributed by atoms with Crippen molar-refractivity contribution in [2.24, 2.45) is 0 Å². The molecule has 1 aromatic rings. The van der Waals surface area contributed by atoms with Gasteiger partial charge in [-0.3, -0.25) is 4.90 Å². The van der Waals surface area contributed by atoms with E-state index >= 15 is 0 Å². The first-order chi connectivity index (χ1) is 9.19. The highest BCUT2D eigenvalue weighted by Gasteiger charge is 2.09. The Bertz CT molecular complexity index is 358. The van der Waals surface area contributed by atoms with Crippen molar-refractivity contribution >= 4 is 15.9 Å². The standard InChI is InChI=1S/C15H24BrNO2/c1-13(2)17(10-6-9-16)11-12-19-15-8-5-4-7-14(15)18-3/h4-5,7-8,13H,6,9-12H2,1-3H3. The predicted molar refractivity (Wildman–Crippen MR) is 83.6 cm³/mol. The molecule has 0 unspecified atom stereocenters. The molecular weight excluding hydrogens is 306 g/mol. The molecule has 0 radical (unpaired) electrons. The van der Waals surface area contributed by atoms with Crippen LogP contribution in [0.4, 0.5) is 0 Å². The first kappa shape index (κ1) is 16.3. The Labute approximate surface area is 125 Å². The molecule has 108 valence electrons. The fourth-order valence-electron chi connectivity index (χ4n) is 1.90. The van der Waals surface area contributed by atoms with Crippen LogP contribution in [0.1, 0.15) is 20.3 Å². The van der Waals surface area contributed by atoms with E-state index in [0.29, 0.717) is 12.6 Å². The summed E-state index contributed by atoms with van der Waals surface area (Å²) in [5, 5.41) is 1.05. The van der Waals surface area contributed by atoms with Gasteiger partial charge in [-0.2, -0.15) is 0 Å². The monoisotopic (exact) mass is 329 g/mol. The maximum atomic E-state index is 5.81. The van der Waals surface area contributed by atoms with E-state index in [0.717, 1.165) is 36.3 Å². The Morgan fingerprint density at radius 3 is 2.42 bits per heavy atom. The lowest BCUT2D eigenvalue weighted by molar-refractivity contribution is 0.174. The van der Waals surface area contributed by atoms with Gasteiger partial charge in [0.25, 0.3) is 0 Å². The molecule has 0 heterocycles. The summed E-state index contributed by atoms with van der Waals surface area (Å²) in [6.45, 7) is 7.15. The third-order valence-corrected chi connectivity index (χ3v) is 3.58. The molecule has 0 aliphatic rings. The van der Waals surface area contributed by atoms with Crippen molar-refractivity contribution in [2.45, 2.75) is 26.3 Å². The summed E-state index contributed by atoms with van der Waals surface area (Å²) >= 11 is 3.48. The van der Waals surface area contributed by atoms with Crippen LogP contribution in [0.5, 0.6) is 11.5 Å². The average Bonchev–Trinajstić information content (AvgIpc) is 2.42. The van der Waals surface area contributed by atoms with E-state index in [4.69, 9.17) is 9.47 Å². The van der Waals surface area contributed by atoms with Gasteiger partial charge in [0.15, 0.2) is 11.5 Å². The van der Waals surface area contributed by atoms with Gasteiger partial charge in [0.05, 0.1) is 7.11 Å². The molecule has 19 heavy (non-hydrogen) atoms. The Morgan fingerprint density at radius 2 is 1.84 bits per heavy atom. The number of benzene rings is 1. The van der Waals surface area contributed by atoms with Crippen LogP contribution in [0.15, 0.2) is 24.3 Å². The number of hydrogen-bond donors (Lipinski definition) is 0. The number of alkyl halides is 1. The Hall–Kier alpha value is -0.740. The molecule has 1 rings (SSSR count). The number of halogens is 1. The molecule has 4 heteroatoms. The molecule has 3 nitrogen and oxygen atoms in total. The summed E-state index contributed by atoms with van der Waals surface area (Å²) in [4.78, 5) is 2.43. The molecular formula is C15H24BrNO2. The van der Waals surface area contributed by atoms with Gasteiger partial charge in [0, 0.05) is 17.9 Å². The molecule has 0 aliphatic carbocycles. The maximum Gasteiger partial charge on any atom is 0.161 e. The first-order valence-electron chi connectivity index (χ1n) is 6.75. The van der Waals surface area contributed by atoms with E-state index in [1.165, 1.54) is 0 Å². The minimum absolute atomic E-state index is 0.542. The Kier molecular flexibility index (Phi) is 7.91. The molecule has 0 amide bonds. The number of para-hydroxylation sites is 2. The van der Waals surface area contributed by atoms with Crippen molar-refractivity contribution in [3.8, 4) is 11.5 Å². The molecule has 0 aromatic heterocycles. The van der Waals surface area contributed by atoms with E-state index in [1.807, 2.05) is 24.3 Å². The first-order valence-corrected chi connectivity index (χ1v) is 7.87. The van der Waals surface area contributed by atoms with Gasteiger partial charge in [0.2, 0.25) is 0 Å². The molecule has 0 N–H and O–H groups in total. The number of ether oxygens (including phenoxy) is 2. The second-order valence-electron chi connectivity index (χ2n) is 4.67. The van der Waals surface area contributed by atoms with E-state index in [1.54, 1.807) is 7.11 Å². The topological polar surface area (TPSA) is 21.7 Å². The van der Waals surface area contributed by atoms with Crippen LogP contribution in [0.25, 0.3) is 0 Å². The summed E-state index contributed by atoms with van der Waals surface area (Å²) in [7, 11) is 1.67. The second-order valence-corrected chi connectivity index (χ2v) is 5.46. The van der Waals surface area contributed by atoms with Crippen molar-refractivity contribution in [1.82, 2.24) is 4.90 Å². The average molecular weight is 330 g/mol. The number of hydrogen-bond acceptors (Lipinski definition) is 3. The van der Waals surface area contributed by atoms with Crippen LogP contribution in [0.3, 0.4) is 0 Å². The van der Waals surface area contributed by atoms with Crippen LogP contribution in [-0.4, -0.2) is 43.1 Å². The van der Waals surface area contributed by atoms with E-state index in [9.17, 15) is 0 Å². The summed E-state index contributed by atoms with van der Waals surface area (Å²) in [5.41, 5.74) is 0. The van der Waals surface area contributed by atoms with Crippen LogP contribution in [0, 0.1) is 0 Å². The lowest BCUT2D eigenvalue weighted by Crippen LogP contribution is -2.35. The molecule has 0 spiro atoms. The highest BCUT2D eigenvalue weighted by Crippen LogP contribution is 2.25. The smallest absolute Gasteiger partial charge is 0.161 e. The SMILES string of the molecule is COc1ccccc1OCCN(CCCBr)C(C)C. The lowest BCUT2D eigenvalue weighted by atomic mass is 10.3. The van der Waals surface area contributed by atoms with Gasteiger partial charge in [0.1, 0.15) is 6.61 Å². The summed E-state index contributed by atoms with van der Waals surface area (Å²) < 4.78 is 11.1. The molecule has 1 aromatic carbocycles. The van der Waals surface area contributed by atoms with E-state index in [-0.39, 0.29) is 0 Å². The molecule has 0 fully saturated rings. The fraction of sp³-hybridized carbons (Fsp3) is 0.600. The molecule has 0 saturated carbocycles. The third kappa shape index (κ3) is 5.83. The summed E-state index contributed by atoms with van der Waals surface area (Å²) in [6.07, 6.45) is 1.16. The third-order valence-electron chi connectivity index (χ3n) is 3.01. The second kappa shape index (κ2) is 9.21. The van der Waals surface area contributed by atoms with Gasteiger partial charge in [-0.25, -0.2) is 0 Å². The fourth-order valence-corrected chi connectivity index (χ4v) is 2.15. The van der Waals surface area contributed by atoms with Crippen molar-refractivity contribution in [3.63, 3.8) is 0 Å². The zero-order chi connectivity index (χ0) is 14.1. The minimum Gasteiger partial charge on any atom is -0.493 e. The molecule has 0 atom stereocenters. The Balaban J connectivity index is 2.42. The zero-order valence-electron chi connectivity index (χ0n) is 12.1. The molecule has 0 aliphatic heterocycles. The lowest BCUT2D eigenvalue weighted by Gasteiger charge is -2.26. The van der Waals surface area contributed by atoms with Crippen molar-refractivity contribution < 1.29 is 9.47 Å². The summed E-state index contributed by atoms with van der Waals surface area (Å²) in [5.74, 6) is 1.60. The van der Waals surface area contributed by atoms with Crippen molar-refractivity contribution in [2.75, 3.05) is 32.1 Å². The van der Waals surface area contributed by atoms with E-state index < -0.39 is 0 Å². The molecule has 0 saturated heterocycles. The van der Waals surface area contributed by atoms with Gasteiger partial charge >= 0.3 is 0 Å². The van der Waals surface area contributed by atoms with Gasteiger partial charge < -0.3 is 9.47 Å². The van der Waals surface area contributed by atoms with Crippen LogP contribution < -0.4 is 9.47 Å². The normalized spacial score (nSPS) is 11.1. The largest absolute Gasteiger partial charge is 0.493 e. The van der Waals surface area contributed by atoms with Crippen LogP contribution in [0.2, 0.25) is 0 Å². The number of methoxy groups -OCH3 is 1. The maximum absolute atomic E-state index is 5.81. The quantitative estimate of drug-likeness (QED) is 0.646. The molecule has 0 bridgehead atoms. The van der Waals surface area contributed by atoms with Crippen LogP contribution in [-0.2, 0) is 0 Å². The van der Waals surface area contributed by atoms with Gasteiger partial charge in [-0.05, 0) is 38.9 Å². The van der Waals surface area contributed by atoms with Crippen molar-refractivity contribution in [1.29, 1.82) is 0 Å². The predicted octanol–water partition coefficient (Wildman–Crippen LogP) is 3.57. The summed E-state index contributed by atoms with van der Waals surface area (Å²) in [6, 6.07) is 8.31. The Morgan fingerprint density at radius 1 is 1.16 bits per heavy atom. The van der Waals surface area contributed by atoms with E-state index in [2.05, 4.69) is 34.7 Å². The number of rotatable bonds is 9. The minimum atomic E-state index is 0.542. The van der Waals surface area contributed by atoms with Gasteiger partial charge in [-0.15, -0.1) is 0 Å². The highest BCUT2D eigenvalue weighted by atomic mass is 79.9. The highest BCUT2D eigenvalue weighted by molar-refractivity contribution is 9.09. The van der Waals surface area contributed by atoms with Crippen LogP contribution >= 0.6 is 15.9 Å². The zero-order valence-corrected chi connectivity index (χ0v) is 13.6. The number of nitrogens with zero attached hydrogens (tertiary/aromatic N) is 1.